The second-order valence-corrected chi connectivity index (χ2v) is 13.2. The van der Waals surface area contributed by atoms with Crippen LogP contribution in [-0.4, -0.2) is 70.1 Å². The van der Waals surface area contributed by atoms with Crippen LogP contribution in [0, 0.1) is 29.6 Å². The molecule has 1 heterocycles. The normalized spacial score (nSPS) is 31.0. The first-order valence-electron chi connectivity index (χ1n) is 16.6. The zero-order valence-electron chi connectivity index (χ0n) is 25.7. The van der Waals surface area contributed by atoms with Gasteiger partial charge in [0.1, 0.15) is 0 Å². The Hall–Kier alpha value is -1.54. The van der Waals surface area contributed by atoms with Crippen molar-refractivity contribution in [1.82, 2.24) is 5.32 Å². The summed E-state index contributed by atoms with van der Waals surface area (Å²) in [6, 6.07) is 0. The molecule has 234 valence electrons. The Labute approximate surface area is 248 Å². The molecule has 0 amide bonds. The minimum atomic E-state index is -0.958. The number of aliphatic hydroxyl groups is 3. The summed E-state index contributed by atoms with van der Waals surface area (Å²) in [5, 5.41) is 46.2. The summed E-state index contributed by atoms with van der Waals surface area (Å²) in [5.74, 6) is -0.360. The fourth-order valence-electron chi connectivity index (χ4n) is 7.41. The van der Waals surface area contributed by atoms with E-state index in [1.165, 1.54) is 24.8 Å². The lowest BCUT2D eigenvalue weighted by atomic mass is 9.81. The van der Waals surface area contributed by atoms with Crippen LogP contribution >= 0.6 is 0 Å². The van der Waals surface area contributed by atoms with E-state index in [1.807, 2.05) is 6.21 Å². The van der Waals surface area contributed by atoms with E-state index in [0.29, 0.717) is 49.9 Å². The van der Waals surface area contributed by atoms with E-state index in [2.05, 4.69) is 42.4 Å². The molecule has 0 unspecified atom stereocenters. The Morgan fingerprint density at radius 3 is 2.54 bits per heavy atom. The van der Waals surface area contributed by atoms with Crippen LogP contribution < -0.4 is 5.32 Å². The van der Waals surface area contributed by atoms with Crippen molar-refractivity contribution in [3.05, 3.63) is 23.8 Å². The van der Waals surface area contributed by atoms with Gasteiger partial charge in [-0.25, -0.2) is 0 Å². The summed E-state index contributed by atoms with van der Waals surface area (Å²) in [6.07, 6.45) is 20.0. The molecule has 7 nitrogen and oxygen atoms in total. The number of aliphatic carboxylic acids is 1. The molecule has 0 aromatic heterocycles. The van der Waals surface area contributed by atoms with Gasteiger partial charge >= 0.3 is 5.97 Å². The lowest BCUT2D eigenvalue weighted by Gasteiger charge is -2.28. The van der Waals surface area contributed by atoms with Crippen LogP contribution in [-0.2, 0) is 4.79 Å². The molecule has 3 aliphatic rings. The molecular formula is C34H58N2O5. The third-order valence-corrected chi connectivity index (χ3v) is 9.91. The maximum atomic E-state index is 12.0. The number of rotatable bonds is 20. The van der Waals surface area contributed by atoms with Crippen LogP contribution in [0.2, 0.25) is 0 Å². The molecular weight excluding hydrogens is 516 g/mol. The number of allylic oxidation sites excluding steroid dienone is 2. The predicted octanol–water partition coefficient (Wildman–Crippen LogP) is 5.68. The molecule has 5 N–H and O–H groups in total. The number of nitrogens with zero attached hydrogens (tertiary/aromatic N) is 1. The minimum Gasteiger partial charge on any atom is -0.481 e. The van der Waals surface area contributed by atoms with E-state index < -0.39 is 23.6 Å². The first-order chi connectivity index (χ1) is 19.7. The first kappa shape index (κ1) is 34.0. The van der Waals surface area contributed by atoms with Gasteiger partial charge in [0.15, 0.2) is 0 Å². The number of carboxylic acid groups (broad SMARTS) is 1. The standard InChI is InChI=1S/C34H58N2O5/c1-3-5-7-10-25-13-14-27(32(38)20-25)11-8-6-9-12-30(33(39)40)31(37)15-17-34(41)21-28(19-26-16-18-36-23-26)29(22-34)24-35-4-2/h13-14,16,23,25,27-32,35,37-38,41H,3-12,15,17-22,24H2,1-2H3,(H,39,40)/t25-,27-,28-,29+,30+,31-,32-,34-/m1/s1. The zero-order valence-corrected chi connectivity index (χ0v) is 25.7. The van der Waals surface area contributed by atoms with Crippen molar-refractivity contribution in [2.24, 2.45) is 34.6 Å². The van der Waals surface area contributed by atoms with Crippen molar-refractivity contribution in [1.29, 1.82) is 0 Å². The van der Waals surface area contributed by atoms with Gasteiger partial charge in [-0.3, -0.25) is 9.79 Å². The molecule has 0 bridgehead atoms. The van der Waals surface area contributed by atoms with E-state index in [4.69, 9.17) is 0 Å². The van der Waals surface area contributed by atoms with Gasteiger partial charge in [-0.05, 0) is 94.2 Å². The van der Waals surface area contributed by atoms with E-state index in [0.717, 1.165) is 64.6 Å². The minimum absolute atomic E-state index is 0.197. The number of hydrogen-bond donors (Lipinski definition) is 5. The highest BCUT2D eigenvalue weighted by atomic mass is 16.4. The number of aliphatic hydroxyl groups excluding tert-OH is 2. The van der Waals surface area contributed by atoms with Crippen LogP contribution in [0.4, 0.5) is 0 Å². The summed E-state index contributed by atoms with van der Waals surface area (Å²) < 4.78 is 0. The summed E-state index contributed by atoms with van der Waals surface area (Å²) >= 11 is 0. The maximum Gasteiger partial charge on any atom is 0.309 e. The lowest BCUT2D eigenvalue weighted by molar-refractivity contribution is -0.146. The molecule has 3 rings (SSSR count). The largest absolute Gasteiger partial charge is 0.481 e. The van der Waals surface area contributed by atoms with Gasteiger partial charge < -0.3 is 25.7 Å². The SMILES string of the molecule is CCCCC[C@@H]1C=C[C@@H](CCCCC[C@H](C(=O)O)[C@H](O)CC[C@]2(O)C[C@@H](CNCC)[C@H](CC3=CCN=C3)C2)[C@H](O)C1. The summed E-state index contributed by atoms with van der Waals surface area (Å²) in [7, 11) is 0. The zero-order chi connectivity index (χ0) is 29.7. The monoisotopic (exact) mass is 574 g/mol. The Morgan fingerprint density at radius 2 is 1.85 bits per heavy atom. The van der Waals surface area contributed by atoms with Crippen LogP contribution in [0.5, 0.6) is 0 Å². The van der Waals surface area contributed by atoms with Crippen LogP contribution in [0.15, 0.2) is 28.8 Å². The smallest absolute Gasteiger partial charge is 0.309 e. The average Bonchev–Trinajstić information content (AvgIpc) is 3.56. The highest BCUT2D eigenvalue weighted by molar-refractivity contribution is 5.80. The predicted molar refractivity (Wildman–Crippen MR) is 166 cm³/mol. The van der Waals surface area contributed by atoms with Crippen molar-refractivity contribution in [3.63, 3.8) is 0 Å². The van der Waals surface area contributed by atoms with Crippen molar-refractivity contribution >= 4 is 12.2 Å². The third kappa shape index (κ3) is 11.2. The van der Waals surface area contributed by atoms with E-state index in [9.17, 15) is 25.2 Å². The van der Waals surface area contributed by atoms with Crippen molar-refractivity contribution < 1.29 is 25.2 Å². The number of unbranched alkanes of at least 4 members (excludes halogenated alkanes) is 4. The number of carbonyl (C=O) groups is 1. The molecule has 1 fully saturated rings. The fourth-order valence-corrected chi connectivity index (χ4v) is 7.41. The Bertz CT molecular complexity index is 873. The van der Waals surface area contributed by atoms with E-state index >= 15 is 0 Å². The summed E-state index contributed by atoms with van der Waals surface area (Å²) in [4.78, 5) is 16.3. The molecule has 7 heteroatoms. The highest BCUT2D eigenvalue weighted by Gasteiger charge is 2.44. The molecule has 2 aliphatic carbocycles. The topological polar surface area (TPSA) is 122 Å². The molecule has 1 aliphatic heterocycles. The maximum absolute atomic E-state index is 12.0. The molecule has 0 radical (unpaired) electrons. The molecule has 0 aromatic carbocycles. The van der Waals surface area contributed by atoms with Gasteiger partial charge in [-0.15, -0.1) is 0 Å². The van der Waals surface area contributed by atoms with Crippen LogP contribution in [0.1, 0.15) is 110 Å². The van der Waals surface area contributed by atoms with Crippen molar-refractivity contribution in [2.75, 3.05) is 19.6 Å². The van der Waals surface area contributed by atoms with Crippen molar-refractivity contribution in [3.8, 4) is 0 Å². The highest BCUT2D eigenvalue weighted by Crippen LogP contribution is 2.45. The molecule has 0 aromatic rings. The third-order valence-electron chi connectivity index (χ3n) is 9.91. The van der Waals surface area contributed by atoms with Gasteiger partial charge in [0.2, 0.25) is 0 Å². The number of nitrogens with one attached hydrogen (secondary N) is 1. The number of carboxylic acids is 1. The number of aliphatic imine (C=N–C) groups is 1. The van der Waals surface area contributed by atoms with E-state index in [-0.39, 0.29) is 12.0 Å². The van der Waals surface area contributed by atoms with Crippen molar-refractivity contribution in [2.45, 2.75) is 128 Å². The quantitative estimate of drug-likeness (QED) is 0.0942. The van der Waals surface area contributed by atoms with E-state index in [1.54, 1.807) is 0 Å². The molecule has 41 heavy (non-hydrogen) atoms. The van der Waals surface area contributed by atoms with Gasteiger partial charge in [-0.2, -0.15) is 0 Å². The fraction of sp³-hybridized carbons (Fsp3) is 0.824. The first-order valence-corrected chi connectivity index (χ1v) is 16.6. The second kappa shape index (κ2) is 17.5. The van der Waals surface area contributed by atoms with Gasteiger partial charge in [-0.1, -0.05) is 70.6 Å². The number of hydrogen-bond acceptors (Lipinski definition) is 6. The molecule has 0 spiro atoms. The molecule has 1 saturated carbocycles. The van der Waals surface area contributed by atoms with Gasteiger partial charge in [0, 0.05) is 12.1 Å². The molecule has 8 atom stereocenters. The van der Waals surface area contributed by atoms with Gasteiger partial charge in [0.25, 0.3) is 0 Å². The Balaban J connectivity index is 1.40. The summed E-state index contributed by atoms with van der Waals surface area (Å²) in [5.41, 5.74) is 0.376. The Kier molecular flexibility index (Phi) is 14.5. The van der Waals surface area contributed by atoms with Crippen LogP contribution in [0.3, 0.4) is 0 Å². The molecule has 0 saturated heterocycles. The Morgan fingerprint density at radius 1 is 1.07 bits per heavy atom. The average molecular weight is 575 g/mol. The van der Waals surface area contributed by atoms with Crippen LogP contribution in [0.25, 0.3) is 0 Å². The second-order valence-electron chi connectivity index (χ2n) is 13.2. The van der Waals surface area contributed by atoms with Gasteiger partial charge in [0.05, 0.1) is 30.3 Å². The summed E-state index contributed by atoms with van der Waals surface area (Å²) in [6.45, 7) is 6.80. The lowest BCUT2D eigenvalue weighted by Crippen LogP contribution is -2.33.